The first-order chi connectivity index (χ1) is 7.36. The number of nitrogens with zero attached hydrogens (tertiary/aromatic N) is 1. The Morgan fingerprint density at radius 3 is 2.87 bits per heavy atom. The van der Waals surface area contributed by atoms with E-state index in [0.717, 1.165) is 19.5 Å². The van der Waals surface area contributed by atoms with Crippen molar-refractivity contribution < 1.29 is 0 Å². The highest BCUT2D eigenvalue weighted by atomic mass is 14.9. The Balaban J connectivity index is 2.47. The minimum Gasteiger partial charge on any atom is -0.348 e. The summed E-state index contributed by atoms with van der Waals surface area (Å²) in [7, 11) is 2.00. The van der Waals surface area contributed by atoms with Gasteiger partial charge in [-0.15, -0.1) is 0 Å². The number of fused-ring (bicyclic) bond motifs is 1. The monoisotopic (exact) mass is 202 g/mol. The Morgan fingerprint density at radius 2 is 2.13 bits per heavy atom. The van der Waals surface area contributed by atoms with Crippen LogP contribution in [0.25, 0.3) is 10.9 Å². The van der Waals surface area contributed by atoms with Crippen LogP contribution < -0.4 is 5.32 Å². The summed E-state index contributed by atoms with van der Waals surface area (Å²) >= 11 is 0. The van der Waals surface area contributed by atoms with Crippen molar-refractivity contribution in [3.63, 3.8) is 0 Å². The summed E-state index contributed by atoms with van der Waals surface area (Å²) in [6.45, 7) is 4.27. The number of nitrogens with one attached hydrogen (secondary N) is 1. The van der Waals surface area contributed by atoms with Gasteiger partial charge >= 0.3 is 0 Å². The minimum atomic E-state index is 1.04. The smallest absolute Gasteiger partial charge is 0.0513 e. The molecule has 0 aliphatic rings. The van der Waals surface area contributed by atoms with Gasteiger partial charge in [0.25, 0.3) is 0 Å². The lowest BCUT2D eigenvalue weighted by atomic mass is 10.1. The van der Waals surface area contributed by atoms with Gasteiger partial charge in [0, 0.05) is 12.7 Å². The number of aromatic nitrogens is 1. The van der Waals surface area contributed by atoms with E-state index in [1.165, 1.54) is 16.5 Å². The zero-order valence-corrected chi connectivity index (χ0v) is 9.46. The van der Waals surface area contributed by atoms with Crippen LogP contribution in [0.5, 0.6) is 0 Å². The summed E-state index contributed by atoms with van der Waals surface area (Å²) in [5.74, 6) is 0. The van der Waals surface area contributed by atoms with Crippen LogP contribution >= 0.6 is 0 Å². The van der Waals surface area contributed by atoms with E-state index in [0.29, 0.717) is 0 Å². The molecule has 2 rings (SSSR count). The van der Waals surface area contributed by atoms with Crippen molar-refractivity contribution in [3.8, 4) is 0 Å². The highest BCUT2D eigenvalue weighted by molar-refractivity contribution is 5.83. The number of para-hydroxylation sites is 1. The molecule has 0 amide bonds. The Bertz CT molecular complexity index is 443. The van der Waals surface area contributed by atoms with Crippen LogP contribution in [0.3, 0.4) is 0 Å². The van der Waals surface area contributed by atoms with Crippen LogP contribution in [0, 0.1) is 0 Å². The molecule has 0 unspecified atom stereocenters. The zero-order valence-electron chi connectivity index (χ0n) is 9.46. The Labute approximate surface area is 90.9 Å². The molecule has 0 radical (unpaired) electrons. The van der Waals surface area contributed by atoms with Gasteiger partial charge < -0.3 is 9.88 Å². The lowest BCUT2D eigenvalue weighted by Crippen LogP contribution is -2.11. The molecule has 80 valence electrons. The van der Waals surface area contributed by atoms with Gasteiger partial charge in [-0.1, -0.05) is 18.2 Å². The van der Waals surface area contributed by atoms with Crippen molar-refractivity contribution in [1.82, 2.24) is 9.88 Å². The van der Waals surface area contributed by atoms with Crippen LogP contribution in [-0.2, 0) is 13.0 Å². The summed E-state index contributed by atoms with van der Waals surface area (Å²) in [5, 5.41) is 4.55. The van der Waals surface area contributed by atoms with Gasteiger partial charge in [0.2, 0.25) is 0 Å². The van der Waals surface area contributed by atoms with E-state index < -0.39 is 0 Å². The lowest BCUT2D eigenvalue weighted by Gasteiger charge is -2.07. The molecule has 0 fully saturated rings. The number of benzene rings is 1. The fourth-order valence-corrected chi connectivity index (χ4v) is 2.07. The number of hydrogen-bond acceptors (Lipinski definition) is 1. The highest BCUT2D eigenvalue weighted by Crippen LogP contribution is 2.20. The molecule has 2 nitrogen and oxygen atoms in total. The van der Waals surface area contributed by atoms with E-state index in [2.05, 4.69) is 47.3 Å². The third-order valence-corrected chi connectivity index (χ3v) is 2.86. The highest BCUT2D eigenvalue weighted by Gasteiger charge is 2.04. The molecule has 0 bridgehead atoms. The third kappa shape index (κ3) is 1.90. The summed E-state index contributed by atoms with van der Waals surface area (Å²) in [5.41, 5.74) is 2.84. The van der Waals surface area contributed by atoms with Gasteiger partial charge in [-0.05, 0) is 44.0 Å². The third-order valence-electron chi connectivity index (χ3n) is 2.86. The maximum absolute atomic E-state index is 3.20. The second kappa shape index (κ2) is 4.49. The first kappa shape index (κ1) is 10.2. The van der Waals surface area contributed by atoms with Crippen molar-refractivity contribution in [2.75, 3.05) is 13.6 Å². The fraction of sp³-hybridized carbons (Fsp3) is 0.385. The number of rotatable bonds is 4. The quantitative estimate of drug-likeness (QED) is 0.805. The number of aryl methyl sites for hydroxylation is 1. The zero-order chi connectivity index (χ0) is 10.7. The van der Waals surface area contributed by atoms with E-state index in [-0.39, 0.29) is 0 Å². The molecule has 2 heteroatoms. The molecule has 0 spiro atoms. The molecule has 0 aliphatic carbocycles. The number of likely N-dealkylation sites (N-methyl/N-ethyl adjacent to an activating group) is 1. The predicted octanol–water partition coefficient (Wildman–Crippen LogP) is 2.42. The van der Waals surface area contributed by atoms with Crippen molar-refractivity contribution in [2.24, 2.45) is 0 Å². The van der Waals surface area contributed by atoms with Gasteiger partial charge in [0.05, 0.1) is 5.52 Å². The maximum Gasteiger partial charge on any atom is 0.0513 e. The van der Waals surface area contributed by atoms with Crippen molar-refractivity contribution in [2.45, 2.75) is 19.9 Å². The van der Waals surface area contributed by atoms with Gasteiger partial charge in [-0.25, -0.2) is 0 Å². The molecule has 2 aromatic rings. The Kier molecular flexibility index (Phi) is 3.07. The van der Waals surface area contributed by atoms with E-state index in [1.54, 1.807) is 0 Å². The molecule has 1 aromatic heterocycles. The van der Waals surface area contributed by atoms with E-state index in [1.807, 2.05) is 7.05 Å². The van der Waals surface area contributed by atoms with Crippen LogP contribution in [0.4, 0.5) is 0 Å². The predicted molar refractivity (Wildman–Crippen MR) is 65.2 cm³/mol. The average Bonchev–Trinajstić information content (AvgIpc) is 2.69. The van der Waals surface area contributed by atoms with Gasteiger partial charge in [0.15, 0.2) is 0 Å². The van der Waals surface area contributed by atoms with Crippen molar-refractivity contribution in [3.05, 3.63) is 36.0 Å². The summed E-state index contributed by atoms with van der Waals surface area (Å²) in [6, 6.07) is 8.76. The Hall–Kier alpha value is -1.28. The summed E-state index contributed by atoms with van der Waals surface area (Å²) < 4.78 is 2.32. The van der Waals surface area contributed by atoms with Gasteiger partial charge in [-0.3, -0.25) is 0 Å². The molecule has 1 N–H and O–H groups in total. The Morgan fingerprint density at radius 1 is 1.27 bits per heavy atom. The molecule has 0 aliphatic heterocycles. The molecule has 0 saturated heterocycles. The molecular weight excluding hydrogens is 184 g/mol. The normalized spacial score (nSPS) is 11.1. The molecular formula is C13H18N2. The molecule has 1 heterocycles. The number of hydrogen-bond donors (Lipinski definition) is 1. The molecule has 15 heavy (non-hydrogen) atoms. The lowest BCUT2D eigenvalue weighted by molar-refractivity contribution is 0.771. The van der Waals surface area contributed by atoms with Gasteiger partial charge in [0.1, 0.15) is 0 Å². The van der Waals surface area contributed by atoms with E-state index in [4.69, 9.17) is 0 Å². The average molecular weight is 202 g/mol. The van der Waals surface area contributed by atoms with Crippen LogP contribution in [0.2, 0.25) is 0 Å². The van der Waals surface area contributed by atoms with E-state index >= 15 is 0 Å². The summed E-state index contributed by atoms with van der Waals surface area (Å²) in [4.78, 5) is 0. The first-order valence-electron chi connectivity index (χ1n) is 5.58. The van der Waals surface area contributed by atoms with E-state index in [9.17, 15) is 0 Å². The van der Waals surface area contributed by atoms with Crippen LogP contribution in [-0.4, -0.2) is 18.2 Å². The largest absolute Gasteiger partial charge is 0.348 e. The fourth-order valence-electron chi connectivity index (χ4n) is 2.07. The topological polar surface area (TPSA) is 17.0 Å². The second-order valence-corrected chi connectivity index (χ2v) is 3.81. The van der Waals surface area contributed by atoms with Crippen molar-refractivity contribution in [1.29, 1.82) is 0 Å². The summed E-state index contributed by atoms with van der Waals surface area (Å²) in [6.07, 6.45) is 3.27. The molecule has 0 atom stereocenters. The second-order valence-electron chi connectivity index (χ2n) is 3.81. The van der Waals surface area contributed by atoms with Crippen LogP contribution in [0.1, 0.15) is 12.5 Å². The van der Waals surface area contributed by atoms with Crippen LogP contribution in [0.15, 0.2) is 30.5 Å². The molecule has 0 saturated carbocycles. The minimum absolute atomic E-state index is 1.04. The van der Waals surface area contributed by atoms with Crippen molar-refractivity contribution >= 4 is 10.9 Å². The standard InChI is InChI=1S/C13H18N2/c1-3-15-10-8-12-6-4-5-11(13(12)15)7-9-14-2/h4-6,8,10,14H,3,7,9H2,1-2H3. The maximum atomic E-state index is 3.20. The first-order valence-corrected chi connectivity index (χ1v) is 5.58. The SMILES string of the molecule is CCn1ccc2cccc(CCNC)c21. The molecule has 1 aromatic carbocycles. The van der Waals surface area contributed by atoms with Gasteiger partial charge in [-0.2, -0.15) is 0 Å².